The largest absolute Gasteiger partial charge is 0.399 e. The van der Waals surface area contributed by atoms with Crippen LogP contribution in [0.2, 0.25) is 0 Å². The Hall–Kier alpha value is -2.29. The summed E-state index contributed by atoms with van der Waals surface area (Å²) in [4.78, 5) is 6.58. The molecule has 0 aliphatic carbocycles. The summed E-state index contributed by atoms with van der Waals surface area (Å²) in [5, 5.41) is 0. The summed E-state index contributed by atoms with van der Waals surface area (Å²) in [6.45, 7) is 3.27. The van der Waals surface area contributed by atoms with Crippen LogP contribution in [0.25, 0.3) is 0 Å². The van der Waals surface area contributed by atoms with Crippen molar-refractivity contribution in [2.24, 2.45) is 0 Å². The van der Waals surface area contributed by atoms with Gasteiger partial charge in [0.05, 0.1) is 0 Å². The highest BCUT2D eigenvalue weighted by Gasteiger charge is 2.25. The number of sulfonamides is 1. The highest BCUT2D eigenvalue weighted by molar-refractivity contribution is 7.92. The van der Waals surface area contributed by atoms with Crippen LogP contribution >= 0.6 is 0 Å². The van der Waals surface area contributed by atoms with Gasteiger partial charge in [-0.1, -0.05) is 0 Å². The molecule has 1 heterocycles. The molecule has 9 heteroatoms. The van der Waals surface area contributed by atoms with Crippen molar-refractivity contribution in [2.45, 2.75) is 18.7 Å². The minimum atomic E-state index is -4.51. The summed E-state index contributed by atoms with van der Waals surface area (Å²) in [5.41, 5.74) is 6.05. The Morgan fingerprint density at radius 1 is 1.05 bits per heavy atom. The maximum Gasteiger partial charge on any atom is 0.270 e. The van der Waals surface area contributed by atoms with Gasteiger partial charge in [0.15, 0.2) is 4.90 Å². The van der Waals surface area contributed by atoms with Gasteiger partial charge in [0.2, 0.25) is 5.95 Å². The molecule has 0 saturated heterocycles. The normalized spacial score (nSPS) is 11.4. The molecule has 0 atom stereocenters. The van der Waals surface area contributed by atoms with Crippen molar-refractivity contribution in [1.82, 2.24) is 9.97 Å². The fourth-order valence-corrected chi connectivity index (χ4v) is 2.84. The fourth-order valence-electron chi connectivity index (χ4n) is 1.78. The van der Waals surface area contributed by atoms with E-state index in [9.17, 15) is 17.2 Å². The maximum absolute atomic E-state index is 13.7. The molecule has 112 valence electrons. The van der Waals surface area contributed by atoms with E-state index in [2.05, 4.69) is 9.97 Å². The van der Waals surface area contributed by atoms with E-state index in [1.165, 1.54) is 0 Å². The van der Waals surface area contributed by atoms with Gasteiger partial charge in [-0.05, 0) is 32.0 Å². The van der Waals surface area contributed by atoms with Crippen LogP contribution in [0.5, 0.6) is 0 Å². The number of nitrogens with one attached hydrogen (secondary N) is 1. The second-order valence-electron chi connectivity index (χ2n) is 4.39. The van der Waals surface area contributed by atoms with Crippen LogP contribution in [0, 0.1) is 25.5 Å². The zero-order valence-electron chi connectivity index (χ0n) is 11.2. The maximum atomic E-state index is 13.7. The molecule has 0 aliphatic heterocycles. The quantitative estimate of drug-likeness (QED) is 0.841. The fraction of sp³-hybridized carbons (Fsp3) is 0.167. The van der Waals surface area contributed by atoms with Crippen molar-refractivity contribution in [3.05, 3.63) is 41.2 Å². The number of benzene rings is 1. The molecule has 0 saturated carbocycles. The number of hydrogen-bond donors (Lipinski definition) is 2. The molecule has 2 rings (SSSR count). The summed E-state index contributed by atoms with van der Waals surface area (Å²) in [7, 11) is -4.51. The Kier molecular flexibility index (Phi) is 3.77. The smallest absolute Gasteiger partial charge is 0.270 e. The first-order valence-corrected chi connectivity index (χ1v) is 7.27. The van der Waals surface area contributed by atoms with Crippen molar-refractivity contribution in [3.63, 3.8) is 0 Å². The molecule has 0 amide bonds. The summed E-state index contributed by atoms with van der Waals surface area (Å²) < 4.78 is 53.5. The molecule has 0 aliphatic rings. The molecule has 21 heavy (non-hydrogen) atoms. The molecular formula is C12H12F2N4O2S. The number of nitrogens with two attached hydrogens (primary N) is 1. The molecule has 2 aromatic rings. The van der Waals surface area contributed by atoms with Crippen molar-refractivity contribution in [3.8, 4) is 0 Å². The average Bonchev–Trinajstić information content (AvgIpc) is 2.23. The number of aryl methyl sites for hydroxylation is 2. The summed E-state index contributed by atoms with van der Waals surface area (Å²) in [6.07, 6.45) is 0. The standard InChI is InChI=1S/C12H12F2N4O2S/c1-6-3-7(2)17-12(16-6)18-21(19,20)11-9(13)4-8(15)5-10(11)14/h3-5H,15H2,1-2H3,(H,16,17,18). The first kappa shape index (κ1) is 15.1. The number of halogens is 2. The van der Waals surface area contributed by atoms with E-state index in [0.717, 1.165) is 12.1 Å². The van der Waals surface area contributed by atoms with Gasteiger partial charge in [0, 0.05) is 17.1 Å². The van der Waals surface area contributed by atoms with E-state index in [1.54, 1.807) is 19.9 Å². The van der Waals surface area contributed by atoms with Gasteiger partial charge in [0.1, 0.15) is 11.6 Å². The lowest BCUT2D eigenvalue weighted by Gasteiger charge is -2.10. The Bertz CT molecular complexity index is 766. The van der Waals surface area contributed by atoms with E-state index in [0.29, 0.717) is 11.4 Å². The van der Waals surface area contributed by atoms with Crippen LogP contribution in [0.4, 0.5) is 20.4 Å². The first-order chi connectivity index (χ1) is 9.69. The molecule has 0 fully saturated rings. The SMILES string of the molecule is Cc1cc(C)nc(NS(=O)(=O)c2c(F)cc(N)cc2F)n1. The topological polar surface area (TPSA) is 98.0 Å². The van der Waals surface area contributed by atoms with Crippen LogP contribution in [0.3, 0.4) is 0 Å². The molecular weight excluding hydrogens is 302 g/mol. The number of nitrogen functional groups attached to an aromatic ring is 1. The molecule has 0 bridgehead atoms. The minimum Gasteiger partial charge on any atom is -0.399 e. The van der Waals surface area contributed by atoms with Crippen molar-refractivity contribution >= 4 is 21.7 Å². The number of aromatic nitrogens is 2. The summed E-state index contributed by atoms with van der Waals surface area (Å²) >= 11 is 0. The Morgan fingerprint density at radius 2 is 1.52 bits per heavy atom. The number of rotatable bonds is 3. The second-order valence-corrected chi connectivity index (χ2v) is 6.01. The molecule has 3 N–H and O–H groups in total. The lowest BCUT2D eigenvalue weighted by atomic mass is 10.3. The molecule has 0 radical (unpaired) electrons. The highest BCUT2D eigenvalue weighted by Crippen LogP contribution is 2.23. The van der Waals surface area contributed by atoms with Crippen LogP contribution in [0.1, 0.15) is 11.4 Å². The van der Waals surface area contributed by atoms with E-state index < -0.39 is 26.6 Å². The summed E-state index contributed by atoms with van der Waals surface area (Å²) in [5.74, 6) is -2.84. The summed E-state index contributed by atoms with van der Waals surface area (Å²) in [6, 6.07) is 3.07. The molecule has 1 aromatic carbocycles. The zero-order chi connectivity index (χ0) is 15.8. The monoisotopic (exact) mass is 314 g/mol. The molecule has 6 nitrogen and oxygen atoms in total. The van der Waals surface area contributed by atoms with E-state index in [-0.39, 0.29) is 11.6 Å². The van der Waals surface area contributed by atoms with Gasteiger partial charge < -0.3 is 5.73 Å². The average molecular weight is 314 g/mol. The Labute approximate surface area is 120 Å². The number of hydrogen-bond acceptors (Lipinski definition) is 5. The van der Waals surface area contributed by atoms with Gasteiger partial charge in [0.25, 0.3) is 10.0 Å². The minimum absolute atomic E-state index is 0.216. The predicted octanol–water partition coefficient (Wildman–Crippen LogP) is 1.75. The van der Waals surface area contributed by atoms with Gasteiger partial charge in [-0.15, -0.1) is 0 Å². The lowest BCUT2D eigenvalue weighted by Crippen LogP contribution is -2.18. The van der Waals surface area contributed by atoms with Crippen molar-refractivity contribution < 1.29 is 17.2 Å². The zero-order valence-corrected chi connectivity index (χ0v) is 12.0. The van der Waals surface area contributed by atoms with E-state index >= 15 is 0 Å². The Balaban J connectivity index is 2.48. The lowest BCUT2D eigenvalue weighted by molar-refractivity contribution is 0.522. The van der Waals surface area contributed by atoms with E-state index in [4.69, 9.17) is 5.73 Å². The highest BCUT2D eigenvalue weighted by atomic mass is 32.2. The molecule has 0 unspecified atom stereocenters. The van der Waals surface area contributed by atoms with Crippen LogP contribution in [-0.2, 0) is 10.0 Å². The molecule has 0 spiro atoms. The Morgan fingerprint density at radius 3 is 2.00 bits per heavy atom. The van der Waals surface area contributed by atoms with Gasteiger partial charge in [-0.3, -0.25) is 0 Å². The third-order valence-electron chi connectivity index (χ3n) is 2.50. The second kappa shape index (κ2) is 5.24. The molecule has 1 aromatic heterocycles. The van der Waals surface area contributed by atoms with Gasteiger partial charge in [-0.25, -0.2) is 31.9 Å². The third kappa shape index (κ3) is 3.24. The number of anilines is 2. The van der Waals surface area contributed by atoms with Crippen molar-refractivity contribution in [2.75, 3.05) is 10.5 Å². The van der Waals surface area contributed by atoms with Crippen LogP contribution in [0.15, 0.2) is 23.1 Å². The predicted molar refractivity (Wildman–Crippen MR) is 73.1 cm³/mol. The van der Waals surface area contributed by atoms with E-state index in [1.807, 2.05) is 4.72 Å². The van der Waals surface area contributed by atoms with Gasteiger partial charge in [-0.2, -0.15) is 0 Å². The van der Waals surface area contributed by atoms with Crippen LogP contribution in [-0.4, -0.2) is 18.4 Å². The van der Waals surface area contributed by atoms with Crippen LogP contribution < -0.4 is 10.5 Å². The first-order valence-electron chi connectivity index (χ1n) is 5.78. The van der Waals surface area contributed by atoms with Gasteiger partial charge >= 0.3 is 0 Å². The van der Waals surface area contributed by atoms with Crippen molar-refractivity contribution in [1.29, 1.82) is 0 Å². The third-order valence-corrected chi connectivity index (χ3v) is 3.88. The number of nitrogens with zero attached hydrogens (tertiary/aromatic N) is 2.